The molecule has 106 valence electrons. The van der Waals surface area contributed by atoms with Crippen LogP contribution in [-0.2, 0) is 9.59 Å². The smallest absolute Gasteiger partial charge is 0.318 e. The maximum absolute atomic E-state index is 11.6. The molecule has 4 N–H and O–H groups in total. The summed E-state index contributed by atoms with van der Waals surface area (Å²) in [6.07, 6.45) is 0.00491. The number of nitrogens with zero attached hydrogens (tertiary/aromatic N) is 1. The minimum atomic E-state index is -0.899. The van der Waals surface area contributed by atoms with E-state index in [0.717, 1.165) is 11.3 Å². The number of carbonyl (C=O) groups is 3. The molecular weight excluding hydrogens is 262 g/mol. The van der Waals surface area contributed by atoms with Crippen molar-refractivity contribution in [3.63, 3.8) is 0 Å². The van der Waals surface area contributed by atoms with E-state index in [9.17, 15) is 14.4 Å². The number of carbonyl (C=O) groups excluding carboxylic acids is 2. The number of nitrogens with two attached hydrogens (primary N) is 1. The lowest BCUT2D eigenvalue weighted by molar-refractivity contribution is -0.137. The molecule has 1 aromatic carbocycles. The first-order valence-corrected chi connectivity index (χ1v) is 6.12. The first-order chi connectivity index (χ1) is 9.47. The van der Waals surface area contributed by atoms with Gasteiger partial charge < -0.3 is 15.7 Å². The van der Waals surface area contributed by atoms with Crippen molar-refractivity contribution in [2.45, 2.75) is 12.3 Å². The van der Waals surface area contributed by atoms with Crippen LogP contribution in [0.25, 0.3) is 0 Å². The van der Waals surface area contributed by atoms with E-state index in [2.05, 4.69) is 0 Å². The number of hydrogen-bond donors (Lipinski definition) is 3. The molecule has 1 atom stereocenters. The molecule has 7 heteroatoms. The van der Waals surface area contributed by atoms with Crippen LogP contribution in [0.5, 0.6) is 0 Å². The average molecular weight is 277 g/mol. The third-order valence-corrected chi connectivity index (χ3v) is 3.18. The van der Waals surface area contributed by atoms with Gasteiger partial charge in [0.15, 0.2) is 0 Å². The molecule has 1 unspecified atom stereocenters. The van der Waals surface area contributed by atoms with Gasteiger partial charge in [-0.1, -0.05) is 18.2 Å². The van der Waals surface area contributed by atoms with Crippen molar-refractivity contribution in [2.75, 3.05) is 18.0 Å². The number of para-hydroxylation sites is 1. The Hall–Kier alpha value is -2.57. The Morgan fingerprint density at radius 1 is 1.35 bits per heavy atom. The van der Waals surface area contributed by atoms with Gasteiger partial charge in [0.25, 0.3) is 0 Å². The van der Waals surface area contributed by atoms with Gasteiger partial charge in [-0.25, -0.2) is 4.79 Å². The second-order valence-corrected chi connectivity index (χ2v) is 4.65. The summed E-state index contributed by atoms with van der Waals surface area (Å²) in [6, 6.07) is 6.44. The molecule has 0 aliphatic carbocycles. The van der Waals surface area contributed by atoms with E-state index in [-0.39, 0.29) is 18.9 Å². The largest absolute Gasteiger partial charge is 0.481 e. The van der Waals surface area contributed by atoms with Gasteiger partial charge in [-0.2, -0.15) is 0 Å². The first kappa shape index (κ1) is 13.9. The van der Waals surface area contributed by atoms with Gasteiger partial charge in [-0.05, 0) is 11.6 Å². The number of anilines is 1. The molecule has 20 heavy (non-hydrogen) atoms. The minimum Gasteiger partial charge on any atom is -0.481 e. The summed E-state index contributed by atoms with van der Waals surface area (Å²) in [5.41, 5.74) is 6.61. The second kappa shape index (κ2) is 5.60. The maximum Gasteiger partial charge on any atom is 0.318 e. The van der Waals surface area contributed by atoms with Crippen LogP contribution in [0, 0.1) is 0 Å². The fourth-order valence-electron chi connectivity index (χ4n) is 2.47. The Bertz CT molecular complexity index is 558. The monoisotopic (exact) mass is 277 g/mol. The first-order valence-electron chi connectivity index (χ1n) is 6.12. The van der Waals surface area contributed by atoms with Gasteiger partial charge in [-0.3, -0.25) is 14.9 Å². The van der Waals surface area contributed by atoms with Crippen LogP contribution in [0.3, 0.4) is 0 Å². The fraction of sp³-hybridized carbons (Fsp3) is 0.308. The van der Waals surface area contributed by atoms with E-state index in [0.29, 0.717) is 6.54 Å². The molecule has 0 saturated heterocycles. The van der Waals surface area contributed by atoms with Crippen LogP contribution in [0.15, 0.2) is 24.3 Å². The Morgan fingerprint density at radius 3 is 2.70 bits per heavy atom. The third-order valence-electron chi connectivity index (χ3n) is 3.18. The van der Waals surface area contributed by atoms with Crippen molar-refractivity contribution < 1.29 is 19.5 Å². The number of hydrogen-bond acceptors (Lipinski definition) is 4. The SMILES string of the molecule is NC(=O)NC(=O)CN1CC(CC(=O)O)c2ccccc21. The van der Waals surface area contributed by atoms with Gasteiger partial charge in [0.05, 0.1) is 13.0 Å². The van der Waals surface area contributed by atoms with Crippen molar-refractivity contribution in [1.29, 1.82) is 0 Å². The average Bonchev–Trinajstić information content (AvgIpc) is 2.66. The normalized spacial score (nSPS) is 16.6. The van der Waals surface area contributed by atoms with Crippen LogP contribution in [-0.4, -0.2) is 36.1 Å². The van der Waals surface area contributed by atoms with Gasteiger partial charge in [0, 0.05) is 18.2 Å². The van der Waals surface area contributed by atoms with Gasteiger partial charge >= 0.3 is 12.0 Å². The zero-order valence-electron chi connectivity index (χ0n) is 10.7. The van der Waals surface area contributed by atoms with Gasteiger partial charge in [0.1, 0.15) is 0 Å². The Balaban J connectivity index is 2.14. The van der Waals surface area contributed by atoms with E-state index in [1.807, 2.05) is 29.6 Å². The number of rotatable bonds is 4. The van der Waals surface area contributed by atoms with Crippen molar-refractivity contribution >= 4 is 23.6 Å². The Kier molecular flexibility index (Phi) is 3.88. The van der Waals surface area contributed by atoms with Crippen LogP contribution in [0.1, 0.15) is 17.9 Å². The highest BCUT2D eigenvalue weighted by atomic mass is 16.4. The van der Waals surface area contributed by atoms with Crippen LogP contribution >= 0.6 is 0 Å². The number of fused-ring (bicyclic) bond motifs is 1. The lowest BCUT2D eigenvalue weighted by atomic mass is 9.98. The molecule has 1 aliphatic rings. The zero-order chi connectivity index (χ0) is 14.7. The summed E-state index contributed by atoms with van der Waals surface area (Å²) in [5, 5.41) is 10.9. The number of primary amides is 1. The van der Waals surface area contributed by atoms with Crippen molar-refractivity contribution in [3.8, 4) is 0 Å². The lowest BCUT2D eigenvalue weighted by Gasteiger charge is -2.18. The molecule has 1 heterocycles. The van der Waals surface area contributed by atoms with E-state index >= 15 is 0 Å². The number of nitrogens with one attached hydrogen (secondary N) is 1. The quantitative estimate of drug-likeness (QED) is 0.730. The predicted octanol–water partition coefficient (Wildman–Crippen LogP) is 0.260. The molecule has 1 aromatic rings. The maximum atomic E-state index is 11.6. The number of benzene rings is 1. The Labute approximate surface area is 115 Å². The van der Waals surface area contributed by atoms with Crippen LogP contribution in [0.2, 0.25) is 0 Å². The molecule has 1 aliphatic heterocycles. The molecule has 2 rings (SSSR count). The highest BCUT2D eigenvalue weighted by molar-refractivity contribution is 5.96. The summed E-state index contributed by atoms with van der Waals surface area (Å²) >= 11 is 0. The number of carboxylic acid groups (broad SMARTS) is 1. The number of urea groups is 1. The zero-order valence-corrected chi connectivity index (χ0v) is 10.7. The van der Waals surface area contributed by atoms with Crippen LogP contribution < -0.4 is 16.0 Å². The highest BCUT2D eigenvalue weighted by Crippen LogP contribution is 2.37. The summed E-state index contributed by atoms with van der Waals surface area (Å²) in [6.45, 7) is 0.397. The van der Waals surface area contributed by atoms with E-state index in [1.54, 1.807) is 4.90 Å². The van der Waals surface area contributed by atoms with E-state index in [1.165, 1.54) is 0 Å². The van der Waals surface area contributed by atoms with Gasteiger partial charge in [0.2, 0.25) is 5.91 Å². The van der Waals surface area contributed by atoms with E-state index in [4.69, 9.17) is 10.8 Å². The minimum absolute atomic E-state index is 0.00491. The second-order valence-electron chi connectivity index (χ2n) is 4.65. The van der Waals surface area contributed by atoms with E-state index < -0.39 is 17.9 Å². The molecule has 0 fully saturated rings. The number of carboxylic acids is 1. The summed E-state index contributed by atoms with van der Waals surface area (Å²) in [5.74, 6) is -1.55. The fourth-order valence-corrected chi connectivity index (χ4v) is 2.47. The molecule has 0 spiro atoms. The summed E-state index contributed by atoms with van der Waals surface area (Å²) in [7, 11) is 0. The Morgan fingerprint density at radius 2 is 2.05 bits per heavy atom. The summed E-state index contributed by atoms with van der Waals surface area (Å²) in [4.78, 5) is 34.8. The third kappa shape index (κ3) is 3.05. The molecule has 0 saturated carbocycles. The standard InChI is InChI=1S/C13H15N3O4/c14-13(20)15-11(17)7-16-6-8(5-12(18)19)9-3-1-2-4-10(9)16/h1-4,8H,5-7H2,(H,18,19)(H3,14,15,17,20). The van der Waals surface area contributed by atoms with Crippen molar-refractivity contribution in [1.82, 2.24) is 5.32 Å². The lowest BCUT2D eigenvalue weighted by Crippen LogP contribution is -2.42. The molecule has 0 bridgehead atoms. The predicted molar refractivity (Wildman–Crippen MR) is 71.4 cm³/mol. The molecule has 7 nitrogen and oxygen atoms in total. The van der Waals surface area contributed by atoms with Crippen molar-refractivity contribution in [3.05, 3.63) is 29.8 Å². The van der Waals surface area contributed by atoms with Crippen LogP contribution in [0.4, 0.5) is 10.5 Å². The summed E-state index contributed by atoms with van der Waals surface area (Å²) < 4.78 is 0. The van der Waals surface area contributed by atoms with Gasteiger partial charge in [-0.15, -0.1) is 0 Å². The molecule has 3 amide bonds. The number of aliphatic carboxylic acids is 1. The molecular formula is C13H15N3O4. The number of imide groups is 1. The number of amides is 3. The topological polar surface area (TPSA) is 113 Å². The molecule has 0 aromatic heterocycles. The molecule has 0 radical (unpaired) electrons. The van der Waals surface area contributed by atoms with Crippen molar-refractivity contribution in [2.24, 2.45) is 5.73 Å². The highest BCUT2D eigenvalue weighted by Gasteiger charge is 2.30.